The summed E-state index contributed by atoms with van der Waals surface area (Å²) in [6.45, 7) is 5.38. The molecule has 1 unspecified atom stereocenters. The third-order valence-corrected chi connectivity index (χ3v) is 6.17. The van der Waals surface area contributed by atoms with E-state index in [1.54, 1.807) is 12.1 Å². The lowest BCUT2D eigenvalue weighted by Crippen LogP contribution is -2.19. The number of rotatable bonds is 8. The van der Waals surface area contributed by atoms with Crippen molar-refractivity contribution in [3.05, 3.63) is 82.4 Å². The van der Waals surface area contributed by atoms with E-state index in [2.05, 4.69) is 14.7 Å². The molecule has 1 atom stereocenters. The lowest BCUT2D eigenvalue weighted by molar-refractivity contribution is 0.103. The number of ketones is 1. The molecule has 0 saturated heterocycles. The van der Waals surface area contributed by atoms with E-state index < -0.39 is 16.6 Å². The monoisotopic (exact) mass is 463 g/mol. The molecular formula is C22H26ClN3O4S. The Kier molecular flexibility index (Phi) is 8.00. The third-order valence-electron chi connectivity index (χ3n) is 4.91. The van der Waals surface area contributed by atoms with Crippen molar-refractivity contribution < 1.29 is 18.3 Å². The number of nitrogens with zero attached hydrogens (tertiary/aromatic N) is 1. The molecule has 31 heavy (non-hydrogen) atoms. The van der Waals surface area contributed by atoms with Crippen molar-refractivity contribution in [1.29, 1.82) is 0 Å². The third kappa shape index (κ3) is 5.94. The number of hydrogen-bond donors (Lipinski definition) is 3. The van der Waals surface area contributed by atoms with Crippen LogP contribution in [0.25, 0.3) is 0 Å². The zero-order valence-electron chi connectivity index (χ0n) is 17.5. The standard InChI is InChI=1S/C22H25N3O4S.ClH/c1-14-4-6-17(7-5-14)22(27)21-15(2)12-20(24-21)16(3)19-9-8-18(13-23-19)25-30(28,29)11-10-26;/h4-9,12-13,16,24-26H,10-11H2,1-3H3;1H. The summed E-state index contributed by atoms with van der Waals surface area (Å²) in [5, 5.41) is 8.81. The number of hydrogen-bond acceptors (Lipinski definition) is 5. The predicted octanol–water partition coefficient (Wildman–Crippen LogP) is 3.57. The van der Waals surface area contributed by atoms with Crippen LogP contribution in [-0.4, -0.2) is 41.6 Å². The van der Waals surface area contributed by atoms with E-state index in [0.717, 1.165) is 22.5 Å². The molecule has 2 aromatic heterocycles. The van der Waals surface area contributed by atoms with E-state index in [1.165, 1.54) is 6.20 Å². The van der Waals surface area contributed by atoms with Gasteiger partial charge in [0.15, 0.2) is 0 Å². The first-order valence-electron chi connectivity index (χ1n) is 9.58. The number of carbonyl (C=O) groups is 1. The number of aliphatic hydroxyl groups excluding tert-OH is 1. The van der Waals surface area contributed by atoms with Gasteiger partial charge in [0.25, 0.3) is 0 Å². The summed E-state index contributed by atoms with van der Waals surface area (Å²) in [7, 11) is -3.59. The average Bonchev–Trinajstić information content (AvgIpc) is 3.09. The quantitative estimate of drug-likeness (QED) is 0.442. The van der Waals surface area contributed by atoms with Crippen molar-refractivity contribution in [2.75, 3.05) is 17.1 Å². The summed E-state index contributed by atoms with van der Waals surface area (Å²) in [5.74, 6) is -0.552. The number of carbonyl (C=O) groups excluding carboxylic acids is 1. The van der Waals surface area contributed by atoms with Gasteiger partial charge in [-0.15, -0.1) is 12.4 Å². The topological polar surface area (TPSA) is 112 Å². The maximum absolute atomic E-state index is 12.9. The minimum absolute atomic E-state index is 0. The van der Waals surface area contributed by atoms with Crippen LogP contribution in [0.15, 0.2) is 48.7 Å². The molecule has 9 heteroatoms. The summed E-state index contributed by atoms with van der Waals surface area (Å²) in [6, 6.07) is 12.8. The second-order valence-corrected chi connectivity index (χ2v) is 9.16. The number of anilines is 1. The van der Waals surface area contributed by atoms with E-state index in [1.807, 2.05) is 51.1 Å². The van der Waals surface area contributed by atoms with Crippen molar-refractivity contribution in [2.45, 2.75) is 26.7 Å². The molecule has 3 aromatic rings. The molecule has 1 aromatic carbocycles. The molecule has 0 amide bonds. The van der Waals surface area contributed by atoms with Crippen LogP contribution in [0, 0.1) is 13.8 Å². The van der Waals surface area contributed by atoms with E-state index >= 15 is 0 Å². The van der Waals surface area contributed by atoms with Crippen LogP contribution in [0.1, 0.15) is 51.4 Å². The summed E-state index contributed by atoms with van der Waals surface area (Å²) in [4.78, 5) is 20.4. The van der Waals surface area contributed by atoms with Gasteiger partial charge in [0.05, 0.1) is 29.9 Å². The van der Waals surface area contributed by atoms with E-state index in [9.17, 15) is 13.2 Å². The number of H-pyrrole nitrogens is 1. The molecule has 0 aliphatic rings. The number of aryl methyl sites for hydroxylation is 2. The number of halogens is 1. The summed E-state index contributed by atoms with van der Waals surface area (Å²) < 4.78 is 25.9. The lowest BCUT2D eigenvalue weighted by Gasteiger charge is -2.11. The van der Waals surface area contributed by atoms with Gasteiger partial charge >= 0.3 is 0 Å². The molecule has 0 radical (unpaired) electrons. The number of aliphatic hydroxyl groups is 1. The maximum atomic E-state index is 12.9. The Labute approximate surface area is 188 Å². The minimum atomic E-state index is -3.59. The van der Waals surface area contributed by atoms with Crippen LogP contribution in [-0.2, 0) is 10.0 Å². The molecule has 7 nitrogen and oxygen atoms in total. The fourth-order valence-corrected chi connectivity index (χ4v) is 3.96. The molecule has 0 fully saturated rings. The van der Waals surface area contributed by atoms with Gasteiger partial charge in [0.2, 0.25) is 15.8 Å². The Balaban J connectivity index is 0.00000341. The minimum Gasteiger partial charge on any atom is -0.395 e. The first kappa shape index (κ1) is 24.6. The van der Waals surface area contributed by atoms with Gasteiger partial charge < -0.3 is 10.1 Å². The van der Waals surface area contributed by atoms with Crippen molar-refractivity contribution in [3.8, 4) is 0 Å². The molecule has 0 spiro atoms. The number of aromatic nitrogens is 2. The van der Waals surface area contributed by atoms with E-state index in [0.29, 0.717) is 16.9 Å². The molecular weight excluding hydrogens is 438 g/mol. The number of benzene rings is 1. The second-order valence-electron chi connectivity index (χ2n) is 7.32. The van der Waals surface area contributed by atoms with Gasteiger partial charge in [-0.3, -0.25) is 14.5 Å². The number of nitrogens with one attached hydrogen (secondary N) is 2. The molecule has 0 bridgehead atoms. The highest BCUT2D eigenvalue weighted by Gasteiger charge is 2.19. The second kappa shape index (κ2) is 10.1. The fraction of sp³-hybridized carbons (Fsp3) is 0.273. The van der Waals surface area contributed by atoms with Crippen molar-refractivity contribution in [2.24, 2.45) is 0 Å². The highest BCUT2D eigenvalue weighted by atomic mass is 35.5. The lowest BCUT2D eigenvalue weighted by atomic mass is 10.0. The van der Waals surface area contributed by atoms with Crippen LogP contribution in [0.2, 0.25) is 0 Å². The number of aromatic amines is 1. The normalized spacial score (nSPS) is 12.1. The van der Waals surface area contributed by atoms with Crippen molar-refractivity contribution in [1.82, 2.24) is 9.97 Å². The Hall–Kier alpha value is -2.68. The van der Waals surface area contributed by atoms with Crippen LogP contribution >= 0.6 is 12.4 Å². The zero-order chi connectivity index (χ0) is 21.9. The largest absolute Gasteiger partial charge is 0.395 e. The number of pyridine rings is 1. The van der Waals surface area contributed by atoms with Crippen LogP contribution < -0.4 is 4.72 Å². The van der Waals surface area contributed by atoms with E-state index in [4.69, 9.17) is 5.11 Å². The van der Waals surface area contributed by atoms with Crippen molar-refractivity contribution in [3.63, 3.8) is 0 Å². The Morgan fingerprint density at radius 3 is 2.42 bits per heavy atom. The first-order chi connectivity index (χ1) is 14.2. The van der Waals surface area contributed by atoms with Crippen LogP contribution in [0.3, 0.4) is 0 Å². The van der Waals surface area contributed by atoms with Crippen LogP contribution in [0.5, 0.6) is 0 Å². The Morgan fingerprint density at radius 1 is 1.16 bits per heavy atom. The van der Waals surface area contributed by atoms with Crippen molar-refractivity contribution >= 4 is 33.9 Å². The SMILES string of the molecule is Cc1ccc(C(=O)c2[nH]c(C(C)c3ccc(NS(=O)(=O)CCO)cn3)cc2C)cc1.Cl. The van der Waals surface area contributed by atoms with Gasteiger partial charge in [-0.1, -0.05) is 36.8 Å². The number of sulfonamides is 1. The average molecular weight is 464 g/mol. The molecule has 2 heterocycles. The van der Waals surface area contributed by atoms with Gasteiger partial charge in [-0.2, -0.15) is 0 Å². The summed E-state index contributed by atoms with van der Waals surface area (Å²) in [6.07, 6.45) is 1.44. The smallest absolute Gasteiger partial charge is 0.235 e. The van der Waals surface area contributed by atoms with Gasteiger partial charge in [-0.25, -0.2) is 8.42 Å². The van der Waals surface area contributed by atoms with Gasteiger partial charge in [-0.05, 0) is 37.6 Å². The zero-order valence-corrected chi connectivity index (χ0v) is 19.2. The first-order valence-corrected chi connectivity index (χ1v) is 11.2. The fourth-order valence-electron chi connectivity index (χ4n) is 3.13. The Bertz CT molecular complexity index is 1140. The van der Waals surface area contributed by atoms with Crippen LogP contribution in [0.4, 0.5) is 5.69 Å². The predicted molar refractivity (Wildman–Crippen MR) is 124 cm³/mol. The highest BCUT2D eigenvalue weighted by molar-refractivity contribution is 7.92. The molecule has 0 aliphatic carbocycles. The van der Waals surface area contributed by atoms with Gasteiger partial charge in [0, 0.05) is 22.9 Å². The van der Waals surface area contributed by atoms with Gasteiger partial charge in [0.1, 0.15) is 0 Å². The van der Waals surface area contributed by atoms with E-state index in [-0.39, 0.29) is 29.9 Å². The highest BCUT2D eigenvalue weighted by Crippen LogP contribution is 2.26. The maximum Gasteiger partial charge on any atom is 0.235 e. The molecule has 166 valence electrons. The Morgan fingerprint density at radius 2 is 1.84 bits per heavy atom. The molecule has 0 aliphatic heterocycles. The molecule has 3 rings (SSSR count). The summed E-state index contributed by atoms with van der Waals surface area (Å²) in [5.41, 5.74) is 5.04. The molecule has 0 saturated carbocycles. The molecule has 3 N–H and O–H groups in total. The summed E-state index contributed by atoms with van der Waals surface area (Å²) >= 11 is 0.